The van der Waals surface area contributed by atoms with E-state index in [-0.39, 0.29) is 24.1 Å². The van der Waals surface area contributed by atoms with Gasteiger partial charge in [-0.05, 0) is 6.92 Å². The van der Waals surface area contributed by atoms with Crippen LogP contribution in [0.15, 0.2) is 22.8 Å². The van der Waals surface area contributed by atoms with E-state index in [2.05, 4.69) is 25.2 Å². The number of ether oxygens (including phenoxy) is 2. The number of thioether (sulfide) groups is 1. The van der Waals surface area contributed by atoms with Crippen LogP contribution in [0.5, 0.6) is 0 Å². The van der Waals surface area contributed by atoms with Crippen LogP contribution < -0.4 is 10.2 Å². The minimum atomic E-state index is -0.332. The van der Waals surface area contributed by atoms with E-state index in [1.54, 1.807) is 12.3 Å². The van der Waals surface area contributed by atoms with Crippen LogP contribution >= 0.6 is 23.1 Å². The molecule has 0 atom stereocenters. The fourth-order valence-corrected chi connectivity index (χ4v) is 3.86. The number of aromatic nitrogens is 3. The Morgan fingerprint density at radius 3 is 2.96 bits per heavy atom. The van der Waals surface area contributed by atoms with Gasteiger partial charge in [-0.25, -0.2) is 15.0 Å². The Hall–Kier alpha value is -2.24. The largest absolute Gasteiger partial charge is 0.466 e. The number of nitrogens with zero attached hydrogens (tertiary/aromatic N) is 4. The van der Waals surface area contributed by atoms with Gasteiger partial charge < -0.3 is 19.7 Å². The van der Waals surface area contributed by atoms with Gasteiger partial charge in [-0.3, -0.25) is 9.59 Å². The molecule has 1 amide bonds. The monoisotopic (exact) mass is 423 g/mol. The van der Waals surface area contributed by atoms with Crippen molar-refractivity contribution >= 4 is 45.9 Å². The zero-order chi connectivity index (χ0) is 19.8. The van der Waals surface area contributed by atoms with Crippen molar-refractivity contribution in [2.24, 2.45) is 0 Å². The van der Waals surface area contributed by atoms with Gasteiger partial charge in [0, 0.05) is 24.5 Å². The third-order valence-corrected chi connectivity index (χ3v) is 5.47. The summed E-state index contributed by atoms with van der Waals surface area (Å²) in [4.78, 5) is 38.5. The second kappa shape index (κ2) is 10.3. The molecule has 0 radical (unpaired) electrons. The molecule has 0 saturated carbocycles. The number of carbonyl (C=O) groups excluding carboxylic acids is 2. The Bertz CT molecular complexity index is 810. The molecule has 1 saturated heterocycles. The minimum Gasteiger partial charge on any atom is -0.466 e. The van der Waals surface area contributed by atoms with Crippen molar-refractivity contribution in [1.29, 1.82) is 0 Å². The van der Waals surface area contributed by atoms with E-state index in [1.165, 1.54) is 29.4 Å². The van der Waals surface area contributed by atoms with Gasteiger partial charge in [0.2, 0.25) is 5.91 Å². The van der Waals surface area contributed by atoms with Crippen molar-refractivity contribution in [3.63, 3.8) is 0 Å². The Morgan fingerprint density at radius 1 is 1.36 bits per heavy atom. The highest BCUT2D eigenvalue weighted by Gasteiger charge is 2.14. The number of hydrogen-bond donors (Lipinski definition) is 1. The van der Waals surface area contributed by atoms with E-state index in [4.69, 9.17) is 9.47 Å². The Labute approximate surface area is 170 Å². The average Bonchev–Trinajstić information content (AvgIpc) is 3.14. The summed E-state index contributed by atoms with van der Waals surface area (Å²) in [7, 11) is 0. The molecule has 3 rings (SSSR count). The molecule has 0 unspecified atom stereocenters. The van der Waals surface area contributed by atoms with Crippen molar-refractivity contribution < 1.29 is 19.1 Å². The number of thiazole rings is 1. The predicted octanol–water partition coefficient (Wildman–Crippen LogP) is 1.61. The summed E-state index contributed by atoms with van der Waals surface area (Å²) in [6.07, 6.45) is 1.60. The smallest absolute Gasteiger partial charge is 0.311 e. The summed E-state index contributed by atoms with van der Waals surface area (Å²) in [5.74, 6) is 0.520. The lowest BCUT2D eigenvalue weighted by Gasteiger charge is -2.27. The molecule has 3 heterocycles. The molecule has 0 aliphatic carbocycles. The number of hydrogen-bond acceptors (Lipinski definition) is 10. The van der Waals surface area contributed by atoms with Gasteiger partial charge in [0.25, 0.3) is 0 Å². The standard InChI is InChI=1S/C17H21N5O4S2/c1-2-26-16(24)7-12-9-28-17(20-12)21-14(23)10-27-15-8-13(18-11-19-15)22-3-5-25-6-4-22/h8-9,11H,2-7,10H2,1H3,(H,20,21,23). The number of esters is 1. The molecule has 1 fully saturated rings. The molecule has 28 heavy (non-hydrogen) atoms. The van der Waals surface area contributed by atoms with E-state index in [0.717, 1.165) is 23.9 Å². The molecule has 2 aromatic rings. The molecule has 1 aliphatic rings. The maximum atomic E-state index is 12.2. The van der Waals surface area contributed by atoms with Gasteiger partial charge in [-0.1, -0.05) is 11.8 Å². The van der Waals surface area contributed by atoms with Gasteiger partial charge in [0.1, 0.15) is 17.2 Å². The number of rotatable bonds is 8. The summed E-state index contributed by atoms with van der Waals surface area (Å²) < 4.78 is 10.2. The van der Waals surface area contributed by atoms with E-state index in [1.807, 2.05) is 6.07 Å². The third kappa shape index (κ3) is 6.14. The maximum Gasteiger partial charge on any atom is 0.311 e. The van der Waals surface area contributed by atoms with Gasteiger partial charge in [0.15, 0.2) is 5.13 Å². The lowest BCUT2D eigenvalue weighted by molar-refractivity contribution is -0.142. The van der Waals surface area contributed by atoms with Crippen LogP contribution in [-0.4, -0.2) is 65.5 Å². The number of carbonyl (C=O) groups is 2. The first kappa shape index (κ1) is 20.5. The van der Waals surface area contributed by atoms with Crippen molar-refractivity contribution in [3.05, 3.63) is 23.5 Å². The first-order valence-corrected chi connectivity index (χ1v) is 10.7. The topological polar surface area (TPSA) is 107 Å². The quantitative estimate of drug-likeness (QED) is 0.385. The molecule has 0 bridgehead atoms. The second-order valence-electron chi connectivity index (χ2n) is 5.78. The van der Waals surface area contributed by atoms with Gasteiger partial charge in [0.05, 0.1) is 37.7 Å². The number of morpholine rings is 1. The van der Waals surface area contributed by atoms with Crippen LogP contribution in [-0.2, 0) is 25.5 Å². The molecule has 1 aliphatic heterocycles. The lowest BCUT2D eigenvalue weighted by atomic mass is 10.3. The fourth-order valence-electron chi connectivity index (χ4n) is 2.47. The average molecular weight is 424 g/mol. The maximum absolute atomic E-state index is 12.2. The van der Waals surface area contributed by atoms with Gasteiger partial charge in [-0.15, -0.1) is 11.3 Å². The first-order valence-electron chi connectivity index (χ1n) is 8.81. The summed E-state index contributed by atoms with van der Waals surface area (Å²) >= 11 is 2.61. The summed E-state index contributed by atoms with van der Waals surface area (Å²) in [5, 5.41) is 5.67. The molecule has 9 nitrogen and oxygen atoms in total. The Balaban J connectivity index is 1.48. The van der Waals surface area contributed by atoms with Crippen LogP contribution in [0.4, 0.5) is 10.9 Å². The summed E-state index contributed by atoms with van der Waals surface area (Å²) in [5.41, 5.74) is 0.581. The van der Waals surface area contributed by atoms with Crippen molar-refractivity contribution in [3.8, 4) is 0 Å². The number of nitrogens with one attached hydrogen (secondary N) is 1. The molecule has 2 aromatic heterocycles. The molecule has 0 spiro atoms. The van der Waals surface area contributed by atoms with E-state index in [9.17, 15) is 9.59 Å². The van der Waals surface area contributed by atoms with Crippen LogP contribution in [0.1, 0.15) is 12.6 Å². The Kier molecular flexibility index (Phi) is 7.57. The zero-order valence-electron chi connectivity index (χ0n) is 15.4. The third-order valence-electron chi connectivity index (χ3n) is 3.74. The van der Waals surface area contributed by atoms with Crippen LogP contribution in [0.25, 0.3) is 0 Å². The molecule has 1 N–H and O–H groups in total. The summed E-state index contributed by atoms with van der Waals surface area (Å²) in [6, 6.07) is 1.88. The highest BCUT2D eigenvalue weighted by atomic mass is 32.2. The predicted molar refractivity (Wildman–Crippen MR) is 107 cm³/mol. The van der Waals surface area contributed by atoms with Gasteiger partial charge >= 0.3 is 5.97 Å². The second-order valence-corrected chi connectivity index (χ2v) is 7.63. The minimum absolute atomic E-state index is 0.0974. The van der Waals surface area contributed by atoms with Crippen molar-refractivity contribution in [2.75, 3.05) is 48.9 Å². The van der Waals surface area contributed by atoms with Crippen molar-refractivity contribution in [2.45, 2.75) is 18.4 Å². The highest BCUT2D eigenvalue weighted by Crippen LogP contribution is 2.21. The lowest BCUT2D eigenvalue weighted by Crippen LogP contribution is -2.36. The Morgan fingerprint density at radius 2 is 2.18 bits per heavy atom. The van der Waals surface area contributed by atoms with Crippen LogP contribution in [0, 0.1) is 0 Å². The van der Waals surface area contributed by atoms with E-state index in [0.29, 0.717) is 30.6 Å². The van der Waals surface area contributed by atoms with Crippen molar-refractivity contribution in [1.82, 2.24) is 15.0 Å². The van der Waals surface area contributed by atoms with E-state index < -0.39 is 0 Å². The van der Waals surface area contributed by atoms with E-state index >= 15 is 0 Å². The normalized spacial score (nSPS) is 14.0. The number of anilines is 2. The summed E-state index contributed by atoms with van der Waals surface area (Å²) in [6.45, 7) is 5.03. The number of amides is 1. The molecule has 11 heteroatoms. The van der Waals surface area contributed by atoms with Gasteiger partial charge in [-0.2, -0.15) is 0 Å². The molecule has 150 valence electrons. The molecular formula is C17H21N5O4S2. The highest BCUT2D eigenvalue weighted by molar-refractivity contribution is 7.99. The van der Waals surface area contributed by atoms with Crippen LogP contribution in [0.2, 0.25) is 0 Å². The van der Waals surface area contributed by atoms with Crippen LogP contribution in [0.3, 0.4) is 0 Å². The molecule has 0 aromatic carbocycles. The fraction of sp³-hybridized carbons (Fsp3) is 0.471. The zero-order valence-corrected chi connectivity index (χ0v) is 17.1. The first-order chi connectivity index (χ1) is 13.6. The SMILES string of the molecule is CCOC(=O)Cc1csc(NC(=O)CSc2cc(N3CCOCC3)ncn2)n1. The molecular weight excluding hydrogens is 402 g/mol.